The van der Waals surface area contributed by atoms with Crippen molar-refractivity contribution < 1.29 is 9.59 Å². The number of allylic oxidation sites excluding steroid dienone is 16. The van der Waals surface area contributed by atoms with Crippen molar-refractivity contribution in [1.82, 2.24) is 9.80 Å². The molecular formula is C58H98N2O2. The average Bonchev–Trinajstić information content (AvgIpc) is 3.24. The predicted octanol–water partition coefficient (Wildman–Crippen LogP) is 15.9. The van der Waals surface area contributed by atoms with Gasteiger partial charge in [0.05, 0.1) is 0 Å². The molecule has 0 aromatic heterocycles. The van der Waals surface area contributed by atoms with E-state index in [-0.39, 0.29) is 11.8 Å². The maximum absolute atomic E-state index is 13.4. The molecule has 1 fully saturated rings. The molecule has 4 nitrogen and oxygen atoms in total. The Balaban J connectivity index is 2.67. The second kappa shape index (κ2) is 39.7. The summed E-state index contributed by atoms with van der Waals surface area (Å²) in [5.74, 6) is 2.94. The van der Waals surface area contributed by atoms with Gasteiger partial charge in [-0.2, -0.15) is 0 Å². The van der Waals surface area contributed by atoms with Crippen LogP contribution in [0.5, 0.6) is 0 Å². The van der Waals surface area contributed by atoms with Crippen molar-refractivity contribution in [3.8, 4) is 0 Å². The molecular weight excluding hydrogens is 757 g/mol. The van der Waals surface area contributed by atoms with Crippen LogP contribution in [0.2, 0.25) is 0 Å². The second-order valence-corrected chi connectivity index (χ2v) is 19.0. The number of Topliss-reactive ketones (excluding diaryl/α,β-unsaturated/α-hetero) is 2. The molecule has 6 atom stereocenters. The molecule has 0 aromatic rings. The number of nitrogens with zero attached hydrogens (tertiary/aromatic N) is 2. The summed E-state index contributed by atoms with van der Waals surface area (Å²) in [6.45, 7) is 24.8. The molecule has 1 aliphatic rings. The highest BCUT2D eigenvalue weighted by molar-refractivity contribution is 5.96. The van der Waals surface area contributed by atoms with Gasteiger partial charge in [0.1, 0.15) is 11.6 Å². The Morgan fingerprint density at radius 1 is 0.403 bits per heavy atom. The normalized spacial score (nSPS) is 19.0. The molecule has 6 unspecified atom stereocenters. The van der Waals surface area contributed by atoms with E-state index in [1.54, 1.807) is 0 Å². The van der Waals surface area contributed by atoms with Gasteiger partial charge in [0.15, 0.2) is 0 Å². The Hall–Kier alpha value is -2.82. The Kier molecular flexibility index (Phi) is 36.7. The number of unbranched alkanes of at least 4 members (excludes halogenated alkanes) is 2. The first-order valence-corrected chi connectivity index (χ1v) is 25.8. The summed E-state index contributed by atoms with van der Waals surface area (Å²) in [6.07, 6.45) is 56.4. The van der Waals surface area contributed by atoms with E-state index in [1.807, 2.05) is 0 Å². The fourth-order valence-electron chi connectivity index (χ4n) is 8.67. The average molecular weight is 855 g/mol. The minimum atomic E-state index is -0.0734. The molecule has 0 N–H and O–H groups in total. The number of carbonyl (C=O) groups excluding carboxylic acids is 2. The van der Waals surface area contributed by atoms with Gasteiger partial charge in [-0.1, -0.05) is 165 Å². The van der Waals surface area contributed by atoms with Crippen molar-refractivity contribution >= 4 is 11.6 Å². The first kappa shape index (κ1) is 57.2. The Labute approximate surface area is 385 Å². The molecule has 4 heteroatoms. The van der Waals surface area contributed by atoms with Gasteiger partial charge in [-0.05, 0) is 139 Å². The molecule has 0 amide bonds. The molecule has 0 spiro atoms. The standard InChI is InChI=1S/C58H98N2O2/c1-9-13-17-21-25-29-37-51(5)47-59(48-52(6)38-30-26-22-18-14-10-2)43-35-33-41-55-45-58(62)56(46-57(55)61)42-34-36-44-60(49-53(7)39-31-27-23-19-15-11-3)50-54(8)40-32-28-24-20-16-12-4/h13-20,25-32,51-56H,9-12,21-24,33-50H2,1-8H3/b17-13-,18-14-,19-15-,20-16-,29-25-,30-26-,31-27-,32-28-. The first-order valence-electron chi connectivity index (χ1n) is 25.8. The minimum absolute atomic E-state index is 0.0734. The van der Waals surface area contributed by atoms with Gasteiger partial charge >= 0.3 is 0 Å². The summed E-state index contributed by atoms with van der Waals surface area (Å²) in [4.78, 5) is 32.2. The highest BCUT2D eigenvalue weighted by Gasteiger charge is 2.34. The molecule has 0 aromatic carbocycles. The lowest BCUT2D eigenvalue weighted by molar-refractivity contribution is -0.137. The van der Waals surface area contributed by atoms with E-state index in [0.29, 0.717) is 48.1 Å². The molecule has 0 aliphatic heterocycles. The van der Waals surface area contributed by atoms with E-state index < -0.39 is 0 Å². The first-order chi connectivity index (χ1) is 30.1. The number of hydrogen-bond acceptors (Lipinski definition) is 4. The lowest BCUT2D eigenvalue weighted by Crippen LogP contribution is -2.34. The monoisotopic (exact) mass is 855 g/mol. The molecule has 0 heterocycles. The van der Waals surface area contributed by atoms with Crippen LogP contribution in [0.1, 0.15) is 184 Å². The topological polar surface area (TPSA) is 40.6 Å². The van der Waals surface area contributed by atoms with Crippen LogP contribution in [-0.4, -0.2) is 60.6 Å². The van der Waals surface area contributed by atoms with Crippen LogP contribution < -0.4 is 0 Å². The van der Waals surface area contributed by atoms with Crippen molar-refractivity contribution in [3.05, 3.63) is 97.2 Å². The fourth-order valence-corrected chi connectivity index (χ4v) is 8.67. The minimum Gasteiger partial charge on any atom is -0.303 e. The lowest BCUT2D eigenvalue weighted by atomic mass is 9.76. The van der Waals surface area contributed by atoms with Gasteiger partial charge in [-0.25, -0.2) is 0 Å². The van der Waals surface area contributed by atoms with Gasteiger partial charge in [-0.15, -0.1) is 0 Å². The van der Waals surface area contributed by atoms with Crippen LogP contribution in [0.15, 0.2) is 97.2 Å². The molecule has 0 radical (unpaired) electrons. The summed E-state index contributed by atoms with van der Waals surface area (Å²) >= 11 is 0. The van der Waals surface area contributed by atoms with Crippen molar-refractivity contribution in [2.45, 2.75) is 184 Å². The molecule has 1 aliphatic carbocycles. The number of hydrogen-bond donors (Lipinski definition) is 0. The van der Waals surface area contributed by atoms with Crippen LogP contribution in [0.25, 0.3) is 0 Å². The summed E-state index contributed by atoms with van der Waals surface area (Å²) in [7, 11) is 0. The predicted molar refractivity (Wildman–Crippen MR) is 275 cm³/mol. The van der Waals surface area contributed by atoms with Crippen LogP contribution in [0.3, 0.4) is 0 Å². The third-order valence-electron chi connectivity index (χ3n) is 12.2. The molecule has 1 saturated carbocycles. The largest absolute Gasteiger partial charge is 0.303 e. The second-order valence-electron chi connectivity index (χ2n) is 19.0. The zero-order valence-electron chi connectivity index (χ0n) is 41.8. The molecule has 62 heavy (non-hydrogen) atoms. The van der Waals surface area contributed by atoms with E-state index in [9.17, 15) is 9.59 Å². The maximum atomic E-state index is 13.4. The van der Waals surface area contributed by atoms with E-state index in [1.165, 1.54) is 0 Å². The summed E-state index contributed by atoms with van der Waals surface area (Å²) in [5, 5.41) is 0. The zero-order valence-corrected chi connectivity index (χ0v) is 41.8. The third-order valence-corrected chi connectivity index (χ3v) is 12.2. The molecule has 0 bridgehead atoms. The highest BCUT2D eigenvalue weighted by atomic mass is 16.1. The fraction of sp³-hybridized carbons (Fsp3) is 0.690. The van der Waals surface area contributed by atoms with E-state index in [0.717, 1.165) is 155 Å². The summed E-state index contributed by atoms with van der Waals surface area (Å²) in [5.41, 5.74) is 0. The number of carbonyl (C=O) groups is 2. The van der Waals surface area contributed by atoms with Gasteiger partial charge in [0.2, 0.25) is 0 Å². The van der Waals surface area contributed by atoms with Gasteiger partial charge in [-0.3, -0.25) is 9.59 Å². The Morgan fingerprint density at radius 2 is 0.661 bits per heavy atom. The molecule has 0 saturated heterocycles. The van der Waals surface area contributed by atoms with Crippen molar-refractivity contribution in [2.24, 2.45) is 35.5 Å². The Morgan fingerprint density at radius 3 is 0.919 bits per heavy atom. The smallest absolute Gasteiger partial charge is 0.137 e. The maximum Gasteiger partial charge on any atom is 0.137 e. The Bertz CT molecular complexity index is 1170. The van der Waals surface area contributed by atoms with Crippen molar-refractivity contribution in [2.75, 3.05) is 39.3 Å². The summed E-state index contributed by atoms with van der Waals surface area (Å²) < 4.78 is 0. The van der Waals surface area contributed by atoms with E-state index >= 15 is 0 Å². The lowest BCUT2D eigenvalue weighted by Gasteiger charge is -2.29. The van der Waals surface area contributed by atoms with Crippen LogP contribution in [-0.2, 0) is 9.59 Å². The third kappa shape index (κ3) is 31.9. The highest BCUT2D eigenvalue weighted by Crippen LogP contribution is 2.30. The SMILES string of the molecule is CC/C=C\C/C=C\CC(C)CN(CCCCC1CC(=O)C(CCCCN(CC(C)C/C=C\C/C=C\CC)CC(C)C/C=C\C/C=C\CC)CC1=O)CC(C)C/C=C\C/C=C\CC. The zero-order chi connectivity index (χ0) is 45.5. The molecule has 352 valence electrons. The number of ketones is 2. The van der Waals surface area contributed by atoms with E-state index in [2.05, 4.69) is 162 Å². The van der Waals surface area contributed by atoms with Crippen LogP contribution in [0, 0.1) is 35.5 Å². The number of rotatable bonds is 38. The van der Waals surface area contributed by atoms with Crippen molar-refractivity contribution in [3.63, 3.8) is 0 Å². The summed E-state index contributed by atoms with van der Waals surface area (Å²) in [6, 6.07) is 0. The van der Waals surface area contributed by atoms with Gasteiger partial charge in [0, 0.05) is 50.9 Å². The van der Waals surface area contributed by atoms with Crippen molar-refractivity contribution in [1.29, 1.82) is 0 Å². The quantitative estimate of drug-likeness (QED) is 0.0458. The van der Waals surface area contributed by atoms with Crippen LogP contribution >= 0.6 is 0 Å². The van der Waals surface area contributed by atoms with Crippen LogP contribution in [0.4, 0.5) is 0 Å². The van der Waals surface area contributed by atoms with Gasteiger partial charge in [0.25, 0.3) is 0 Å². The van der Waals surface area contributed by atoms with E-state index in [4.69, 9.17) is 0 Å². The molecule has 1 rings (SSSR count). The van der Waals surface area contributed by atoms with Gasteiger partial charge < -0.3 is 9.80 Å².